The highest BCUT2D eigenvalue weighted by molar-refractivity contribution is 6.30. The van der Waals surface area contributed by atoms with Gasteiger partial charge in [-0.25, -0.2) is 4.39 Å². The van der Waals surface area contributed by atoms with Gasteiger partial charge in [0.2, 0.25) is 11.8 Å². The SMILES string of the molecule is COc1ccc(C(C)=O)cc1CC(=O)N[C@H](C(=O)N[C@@H](CC(=O)O)C(=O)COc1ccc(F)c(Cl)c1)C(C)C. The molecule has 0 aromatic heterocycles. The van der Waals surface area contributed by atoms with Gasteiger partial charge in [-0.15, -0.1) is 0 Å². The van der Waals surface area contributed by atoms with E-state index in [0.717, 1.165) is 12.1 Å². The van der Waals surface area contributed by atoms with E-state index in [1.807, 2.05) is 0 Å². The number of aliphatic carboxylic acids is 1. The summed E-state index contributed by atoms with van der Waals surface area (Å²) in [6.07, 6.45) is -0.932. The minimum Gasteiger partial charge on any atom is -0.496 e. The smallest absolute Gasteiger partial charge is 0.305 e. The van der Waals surface area contributed by atoms with Gasteiger partial charge < -0.3 is 25.2 Å². The molecular formula is C27H30ClFN2O8. The Kier molecular flexibility index (Phi) is 11.4. The number of methoxy groups -OCH3 is 1. The summed E-state index contributed by atoms with van der Waals surface area (Å²) in [6.45, 7) is 4.10. The van der Waals surface area contributed by atoms with Crippen LogP contribution in [0.4, 0.5) is 4.39 Å². The summed E-state index contributed by atoms with van der Waals surface area (Å²) in [5, 5.41) is 14.0. The molecule has 0 fully saturated rings. The number of halogens is 2. The normalized spacial score (nSPS) is 12.3. The van der Waals surface area contributed by atoms with Gasteiger partial charge in [-0.1, -0.05) is 25.4 Å². The lowest BCUT2D eigenvalue weighted by Gasteiger charge is -2.25. The maximum absolute atomic E-state index is 13.3. The van der Waals surface area contributed by atoms with E-state index in [1.54, 1.807) is 26.0 Å². The molecule has 3 N–H and O–H groups in total. The lowest BCUT2D eigenvalue weighted by molar-refractivity contribution is -0.141. The van der Waals surface area contributed by atoms with Crippen LogP contribution in [0.1, 0.15) is 43.1 Å². The van der Waals surface area contributed by atoms with Gasteiger partial charge in [0, 0.05) is 17.2 Å². The van der Waals surface area contributed by atoms with Crippen LogP contribution in [0.15, 0.2) is 36.4 Å². The minimum absolute atomic E-state index is 0.0757. The van der Waals surface area contributed by atoms with Gasteiger partial charge in [0.1, 0.15) is 36.0 Å². The summed E-state index contributed by atoms with van der Waals surface area (Å²) in [5.41, 5.74) is 0.819. The number of hydrogen-bond donors (Lipinski definition) is 3. The molecule has 2 rings (SSSR count). The number of benzene rings is 2. The van der Waals surface area contributed by atoms with E-state index in [-0.39, 0.29) is 23.0 Å². The maximum atomic E-state index is 13.3. The fourth-order valence-corrected chi connectivity index (χ4v) is 3.74. The second-order valence-corrected chi connectivity index (χ2v) is 9.45. The molecule has 10 nitrogen and oxygen atoms in total. The van der Waals surface area contributed by atoms with Crippen LogP contribution in [0.2, 0.25) is 5.02 Å². The number of rotatable bonds is 14. The van der Waals surface area contributed by atoms with Crippen LogP contribution in [0, 0.1) is 11.7 Å². The van der Waals surface area contributed by atoms with Crippen LogP contribution >= 0.6 is 11.6 Å². The van der Waals surface area contributed by atoms with Gasteiger partial charge in [-0.3, -0.25) is 24.0 Å². The van der Waals surface area contributed by atoms with Crippen molar-refractivity contribution in [2.45, 2.75) is 45.7 Å². The fraction of sp³-hybridized carbons (Fsp3) is 0.370. The molecule has 2 aromatic rings. The van der Waals surface area contributed by atoms with E-state index in [4.69, 9.17) is 21.1 Å². The molecule has 0 unspecified atom stereocenters. The predicted molar refractivity (Wildman–Crippen MR) is 140 cm³/mol. The quantitative estimate of drug-likeness (QED) is 0.297. The van der Waals surface area contributed by atoms with E-state index >= 15 is 0 Å². The number of ether oxygens (including phenoxy) is 2. The molecule has 0 spiro atoms. The largest absolute Gasteiger partial charge is 0.496 e. The van der Waals surface area contributed by atoms with Crippen molar-refractivity contribution in [1.29, 1.82) is 0 Å². The zero-order valence-electron chi connectivity index (χ0n) is 21.9. The molecule has 2 amide bonds. The molecule has 0 radical (unpaired) electrons. The number of carbonyl (C=O) groups excluding carboxylic acids is 4. The Balaban J connectivity index is 2.12. The van der Waals surface area contributed by atoms with Gasteiger partial charge in [0.25, 0.3) is 0 Å². The van der Waals surface area contributed by atoms with Gasteiger partial charge in [-0.2, -0.15) is 0 Å². The molecule has 0 saturated carbocycles. The summed E-state index contributed by atoms with van der Waals surface area (Å²) in [4.78, 5) is 61.7. The minimum atomic E-state index is -1.46. The van der Waals surface area contributed by atoms with Crippen LogP contribution in [0.5, 0.6) is 11.5 Å². The molecule has 2 aromatic carbocycles. The Labute approximate surface area is 229 Å². The average Bonchev–Trinajstić information content (AvgIpc) is 2.86. The summed E-state index contributed by atoms with van der Waals surface area (Å²) in [6, 6.07) is 5.53. The van der Waals surface area contributed by atoms with Crippen molar-refractivity contribution >= 4 is 41.0 Å². The predicted octanol–water partition coefficient (Wildman–Crippen LogP) is 2.98. The molecule has 0 aliphatic carbocycles. The Bertz CT molecular complexity index is 1250. The van der Waals surface area contributed by atoms with Gasteiger partial charge in [0.15, 0.2) is 11.6 Å². The Morgan fingerprint density at radius 2 is 1.74 bits per heavy atom. The molecule has 0 bridgehead atoms. The zero-order valence-corrected chi connectivity index (χ0v) is 22.6. The van der Waals surface area contributed by atoms with Crippen LogP contribution in [0.3, 0.4) is 0 Å². The highest BCUT2D eigenvalue weighted by Gasteiger charge is 2.30. The molecule has 0 aliphatic rings. The molecule has 210 valence electrons. The van der Waals surface area contributed by atoms with Crippen molar-refractivity contribution in [2.75, 3.05) is 13.7 Å². The van der Waals surface area contributed by atoms with E-state index in [0.29, 0.717) is 16.9 Å². The third kappa shape index (κ3) is 9.36. The van der Waals surface area contributed by atoms with Crippen molar-refractivity contribution in [2.24, 2.45) is 5.92 Å². The lowest BCUT2D eigenvalue weighted by atomic mass is 10.0. The van der Waals surface area contributed by atoms with Gasteiger partial charge >= 0.3 is 5.97 Å². The van der Waals surface area contributed by atoms with E-state index in [1.165, 1.54) is 26.2 Å². The highest BCUT2D eigenvalue weighted by atomic mass is 35.5. The second kappa shape index (κ2) is 14.2. The number of carboxylic acid groups (broad SMARTS) is 1. The van der Waals surface area contributed by atoms with Crippen LogP contribution in [-0.4, -0.2) is 60.3 Å². The van der Waals surface area contributed by atoms with Crippen molar-refractivity contribution in [3.8, 4) is 11.5 Å². The topological polar surface area (TPSA) is 148 Å². The Hall–Kier alpha value is -3.99. The van der Waals surface area contributed by atoms with Crippen LogP contribution < -0.4 is 20.1 Å². The van der Waals surface area contributed by atoms with Gasteiger partial charge in [-0.05, 0) is 43.2 Å². The molecular weight excluding hydrogens is 535 g/mol. The average molecular weight is 565 g/mol. The zero-order chi connectivity index (χ0) is 29.3. The molecule has 39 heavy (non-hydrogen) atoms. The standard InChI is InChI=1S/C27H30ClFN2O8/c1-14(2)26(31-24(34)10-17-9-16(15(3)32)5-8-23(17)38-4)27(37)30-21(12-25(35)36)22(33)13-39-18-6-7-20(29)19(28)11-18/h5-9,11,14,21,26H,10,12-13H2,1-4H3,(H,30,37)(H,31,34)(H,35,36)/t21-,26-/m0/s1. The molecule has 0 saturated heterocycles. The fourth-order valence-electron chi connectivity index (χ4n) is 3.57. The number of Topliss-reactive ketones (excluding diaryl/α,β-unsaturated/α-hetero) is 2. The van der Waals surface area contributed by atoms with Crippen molar-refractivity contribution in [1.82, 2.24) is 10.6 Å². The van der Waals surface area contributed by atoms with Gasteiger partial charge in [0.05, 0.1) is 25.0 Å². The van der Waals surface area contributed by atoms with E-state index in [9.17, 15) is 33.5 Å². The summed E-state index contributed by atoms with van der Waals surface area (Å²) >= 11 is 5.69. The number of carbonyl (C=O) groups is 5. The van der Waals surface area contributed by atoms with Crippen molar-refractivity contribution in [3.63, 3.8) is 0 Å². The van der Waals surface area contributed by atoms with E-state index < -0.39 is 60.4 Å². The third-order valence-corrected chi connectivity index (χ3v) is 5.95. The van der Waals surface area contributed by atoms with Crippen LogP contribution in [-0.2, 0) is 25.6 Å². The Morgan fingerprint density at radius 3 is 2.31 bits per heavy atom. The lowest BCUT2D eigenvalue weighted by Crippen LogP contribution is -2.54. The van der Waals surface area contributed by atoms with Crippen molar-refractivity contribution < 1.29 is 42.9 Å². The second-order valence-electron chi connectivity index (χ2n) is 9.04. The number of amides is 2. The number of hydrogen-bond acceptors (Lipinski definition) is 7. The number of carboxylic acids is 1. The van der Waals surface area contributed by atoms with Crippen molar-refractivity contribution in [3.05, 3.63) is 58.4 Å². The first kappa shape index (κ1) is 31.2. The Morgan fingerprint density at radius 1 is 1.05 bits per heavy atom. The first-order valence-corrected chi connectivity index (χ1v) is 12.3. The van der Waals surface area contributed by atoms with E-state index in [2.05, 4.69) is 10.6 Å². The molecule has 0 aliphatic heterocycles. The number of nitrogens with one attached hydrogen (secondary N) is 2. The molecule has 12 heteroatoms. The maximum Gasteiger partial charge on any atom is 0.305 e. The summed E-state index contributed by atoms with van der Waals surface area (Å²) in [7, 11) is 1.42. The molecule has 2 atom stereocenters. The summed E-state index contributed by atoms with van der Waals surface area (Å²) in [5.74, 6) is -4.28. The molecule has 0 heterocycles. The monoisotopic (exact) mass is 564 g/mol. The third-order valence-electron chi connectivity index (χ3n) is 5.66. The first-order chi connectivity index (χ1) is 18.3. The van der Waals surface area contributed by atoms with Crippen LogP contribution in [0.25, 0.3) is 0 Å². The highest BCUT2D eigenvalue weighted by Crippen LogP contribution is 2.22. The first-order valence-electron chi connectivity index (χ1n) is 11.9. The summed E-state index contributed by atoms with van der Waals surface area (Å²) < 4.78 is 23.9. The number of ketones is 2.